The molecule has 3 aromatic carbocycles. The Morgan fingerprint density at radius 2 is 1.53 bits per heavy atom. The highest BCUT2D eigenvalue weighted by atomic mass is 32.2. The molecule has 2 amide bonds. The number of nitro benzene ring substituents is 1. The average Bonchev–Trinajstić information content (AvgIpc) is 3.62. The molecule has 0 radical (unpaired) electrons. The Morgan fingerprint density at radius 3 is 2.16 bits per heavy atom. The normalized spacial score (nSPS) is 23.2. The highest BCUT2D eigenvalue weighted by molar-refractivity contribution is 7.99. The third-order valence-electron chi connectivity index (χ3n) is 7.71. The zero-order valence-electron chi connectivity index (χ0n) is 20.3. The third kappa shape index (κ3) is 4.08. The topological polar surface area (TPSA) is 113 Å². The number of aliphatic hydroxyl groups is 1. The van der Waals surface area contributed by atoms with Crippen molar-refractivity contribution in [3.8, 4) is 0 Å². The third-order valence-corrected chi connectivity index (χ3v) is 8.95. The molecule has 2 fully saturated rings. The van der Waals surface area contributed by atoms with E-state index in [-0.39, 0.29) is 53.5 Å². The number of carbonyl (C=O) groups is 2. The van der Waals surface area contributed by atoms with Gasteiger partial charge in [0.2, 0.25) is 11.8 Å². The van der Waals surface area contributed by atoms with Crippen LogP contribution in [-0.2, 0) is 22.7 Å². The van der Waals surface area contributed by atoms with Crippen molar-refractivity contribution in [2.75, 3.05) is 10.2 Å². The van der Waals surface area contributed by atoms with Crippen molar-refractivity contribution >= 4 is 40.6 Å². The molecule has 9 heteroatoms. The summed E-state index contributed by atoms with van der Waals surface area (Å²) in [4.78, 5) is 40.9. The molecule has 0 spiro atoms. The van der Waals surface area contributed by atoms with Crippen molar-refractivity contribution in [2.24, 2.45) is 23.7 Å². The quantitative estimate of drug-likeness (QED) is 0.180. The van der Waals surface area contributed by atoms with E-state index >= 15 is 0 Å². The number of anilines is 2. The highest BCUT2D eigenvalue weighted by Crippen LogP contribution is 2.53. The van der Waals surface area contributed by atoms with Crippen LogP contribution < -0.4 is 10.2 Å². The van der Waals surface area contributed by atoms with Crippen LogP contribution in [0.25, 0.3) is 0 Å². The highest BCUT2D eigenvalue weighted by Gasteiger charge is 2.59. The minimum absolute atomic E-state index is 0.0660. The Bertz CT molecular complexity index is 1460. The number of aliphatic hydroxyl groups excluding tert-OH is 1. The number of amides is 2. The van der Waals surface area contributed by atoms with Crippen molar-refractivity contribution < 1.29 is 19.6 Å². The first-order valence-electron chi connectivity index (χ1n) is 12.5. The van der Waals surface area contributed by atoms with E-state index in [9.17, 15) is 24.8 Å². The van der Waals surface area contributed by atoms with Crippen LogP contribution >= 0.6 is 11.8 Å². The molecule has 1 saturated carbocycles. The fourth-order valence-corrected chi connectivity index (χ4v) is 6.97. The van der Waals surface area contributed by atoms with E-state index in [1.807, 2.05) is 60.7 Å². The number of nitrogens with one attached hydrogen (secondary N) is 1. The van der Waals surface area contributed by atoms with Gasteiger partial charge in [-0.15, -0.1) is 0 Å². The number of benzene rings is 3. The molecule has 8 nitrogen and oxygen atoms in total. The second-order valence-electron chi connectivity index (χ2n) is 9.80. The Hall–Kier alpha value is -3.95. The molecule has 1 heterocycles. The Kier molecular flexibility index (Phi) is 6.25. The molecule has 0 aromatic heterocycles. The van der Waals surface area contributed by atoms with Gasteiger partial charge in [0.05, 0.1) is 29.1 Å². The Balaban J connectivity index is 1.23. The van der Waals surface area contributed by atoms with Crippen LogP contribution in [0, 0.1) is 33.8 Å². The second kappa shape index (κ2) is 9.74. The molecular weight excluding hydrogens is 502 g/mol. The van der Waals surface area contributed by atoms with Gasteiger partial charge in [0, 0.05) is 22.4 Å². The van der Waals surface area contributed by atoms with Gasteiger partial charge in [-0.2, -0.15) is 0 Å². The summed E-state index contributed by atoms with van der Waals surface area (Å²) in [6.45, 7) is 0.259. The van der Waals surface area contributed by atoms with E-state index < -0.39 is 4.92 Å². The summed E-state index contributed by atoms with van der Waals surface area (Å²) in [7, 11) is 0. The van der Waals surface area contributed by atoms with Gasteiger partial charge >= 0.3 is 0 Å². The maximum atomic E-state index is 13.2. The van der Waals surface area contributed by atoms with E-state index in [0.717, 1.165) is 32.2 Å². The van der Waals surface area contributed by atoms with Crippen molar-refractivity contribution in [3.63, 3.8) is 0 Å². The van der Waals surface area contributed by atoms with Crippen LogP contribution in [0.1, 0.15) is 17.5 Å². The predicted octanol–water partition coefficient (Wildman–Crippen LogP) is 5.16. The maximum Gasteiger partial charge on any atom is 0.294 e. The van der Waals surface area contributed by atoms with Crippen LogP contribution in [0.15, 0.2) is 88.7 Å². The number of allylic oxidation sites excluding steroid dienone is 2. The Morgan fingerprint density at radius 1 is 0.921 bits per heavy atom. The first-order valence-corrected chi connectivity index (χ1v) is 13.3. The summed E-state index contributed by atoms with van der Waals surface area (Å²) < 4.78 is 0. The fraction of sp³-hybridized carbons (Fsp3) is 0.241. The first kappa shape index (κ1) is 24.4. The lowest BCUT2D eigenvalue weighted by molar-refractivity contribution is -0.383. The molecule has 3 aromatic rings. The monoisotopic (exact) mass is 527 g/mol. The average molecular weight is 528 g/mol. The van der Waals surface area contributed by atoms with Gasteiger partial charge in [-0.1, -0.05) is 60.3 Å². The minimum Gasteiger partial charge on any atom is -0.392 e. The summed E-state index contributed by atoms with van der Waals surface area (Å²) in [6.07, 6.45) is 4.87. The zero-order valence-corrected chi connectivity index (χ0v) is 21.1. The smallest absolute Gasteiger partial charge is 0.294 e. The number of nitro groups is 1. The van der Waals surface area contributed by atoms with Crippen LogP contribution in [0.2, 0.25) is 0 Å². The summed E-state index contributed by atoms with van der Waals surface area (Å²) in [6, 6.07) is 19.8. The largest absolute Gasteiger partial charge is 0.392 e. The lowest BCUT2D eigenvalue weighted by atomic mass is 9.85. The van der Waals surface area contributed by atoms with E-state index in [1.165, 1.54) is 17.8 Å². The number of hydrogen-bond donors (Lipinski definition) is 2. The molecule has 2 aliphatic carbocycles. The van der Waals surface area contributed by atoms with E-state index in [4.69, 9.17) is 0 Å². The van der Waals surface area contributed by atoms with Gasteiger partial charge in [-0.25, -0.2) is 4.90 Å². The van der Waals surface area contributed by atoms with Crippen molar-refractivity contribution in [3.05, 3.63) is 100 Å². The van der Waals surface area contributed by atoms with Crippen molar-refractivity contribution in [1.29, 1.82) is 0 Å². The number of rotatable bonds is 8. The van der Waals surface area contributed by atoms with Crippen LogP contribution in [0.4, 0.5) is 17.1 Å². The van der Waals surface area contributed by atoms with Crippen molar-refractivity contribution in [1.82, 2.24) is 0 Å². The number of imide groups is 1. The van der Waals surface area contributed by atoms with Gasteiger partial charge in [0.15, 0.2) is 0 Å². The minimum atomic E-state index is -0.499. The molecule has 0 unspecified atom stereocenters. The summed E-state index contributed by atoms with van der Waals surface area (Å²) in [5.41, 5.74) is 2.10. The zero-order chi connectivity index (χ0) is 26.4. The van der Waals surface area contributed by atoms with Gasteiger partial charge in [0.25, 0.3) is 5.69 Å². The molecule has 1 aliphatic heterocycles. The standard InChI is InChI=1S/C29H25N3O5S/c33-16-20-6-2-4-8-25(20)38-24-7-3-1-5-19(24)15-30-22-12-11-21(14-23(22)32(36)37)31-28(34)26-17-9-10-18(13-17)27(26)29(31)35/h1-12,14,17-18,26-27,30,33H,13,15-16H2/t17-,18-,26+,27+/m0/s1. The molecular formula is C29H25N3O5S. The molecule has 4 atom stereocenters. The van der Waals surface area contributed by atoms with E-state index in [1.54, 1.807) is 12.1 Å². The number of carbonyl (C=O) groups excluding carboxylic acids is 2. The molecule has 2 N–H and O–H groups in total. The SMILES string of the molecule is O=C1[C@H]2[C@H](C(=O)N1c1ccc(NCc3ccccc3Sc3ccccc3CO)c([N+](=O)[O-])c1)[C@H]1C=C[C@H]2C1. The molecule has 1 saturated heterocycles. The summed E-state index contributed by atoms with van der Waals surface area (Å²) >= 11 is 1.52. The lowest BCUT2D eigenvalue weighted by Gasteiger charge is -2.18. The predicted molar refractivity (Wildman–Crippen MR) is 144 cm³/mol. The van der Waals surface area contributed by atoms with E-state index in [2.05, 4.69) is 5.32 Å². The molecule has 2 bridgehead atoms. The van der Waals surface area contributed by atoms with Gasteiger partial charge < -0.3 is 10.4 Å². The van der Waals surface area contributed by atoms with Crippen molar-refractivity contribution in [2.45, 2.75) is 29.4 Å². The van der Waals surface area contributed by atoms with Crippen LogP contribution in [0.5, 0.6) is 0 Å². The van der Waals surface area contributed by atoms with Crippen LogP contribution in [0.3, 0.4) is 0 Å². The lowest BCUT2D eigenvalue weighted by Crippen LogP contribution is -2.32. The Labute approximate surface area is 223 Å². The van der Waals surface area contributed by atoms with Gasteiger partial charge in [0.1, 0.15) is 5.69 Å². The number of fused-ring (bicyclic) bond motifs is 5. The van der Waals surface area contributed by atoms with Gasteiger partial charge in [-0.05, 0) is 53.6 Å². The first-order chi connectivity index (χ1) is 18.5. The summed E-state index contributed by atoms with van der Waals surface area (Å²) in [5, 5.41) is 24.8. The van der Waals surface area contributed by atoms with Crippen LogP contribution in [-0.4, -0.2) is 21.8 Å². The molecule has 6 rings (SSSR count). The van der Waals surface area contributed by atoms with E-state index in [0.29, 0.717) is 12.2 Å². The second-order valence-corrected chi connectivity index (χ2v) is 10.9. The molecule has 3 aliphatic rings. The number of hydrogen-bond acceptors (Lipinski definition) is 7. The van der Waals surface area contributed by atoms with Gasteiger partial charge in [-0.3, -0.25) is 19.7 Å². The maximum absolute atomic E-state index is 13.2. The molecule has 38 heavy (non-hydrogen) atoms. The summed E-state index contributed by atoms with van der Waals surface area (Å²) in [5.74, 6) is -1.10. The molecule has 192 valence electrons. The fourth-order valence-electron chi connectivity index (χ4n) is 5.91. The number of nitrogens with zero attached hydrogens (tertiary/aromatic N) is 2.